The highest BCUT2D eigenvalue weighted by Gasteiger charge is 2.34. The number of carbonyl (C=O) groups is 1. The van der Waals surface area contributed by atoms with E-state index >= 15 is 0 Å². The van der Waals surface area contributed by atoms with Crippen LogP contribution in [-0.4, -0.2) is 41.3 Å². The molecule has 0 aliphatic carbocycles. The summed E-state index contributed by atoms with van der Waals surface area (Å²) in [4.78, 5) is 17.7. The third kappa shape index (κ3) is 4.02. The first kappa shape index (κ1) is 17.0. The highest BCUT2D eigenvalue weighted by molar-refractivity contribution is 7.12. The summed E-state index contributed by atoms with van der Waals surface area (Å²) >= 11 is 1.58. The second kappa shape index (κ2) is 7.40. The van der Waals surface area contributed by atoms with Gasteiger partial charge in [-0.15, -0.1) is 11.3 Å². The van der Waals surface area contributed by atoms with Crippen LogP contribution in [0.2, 0.25) is 0 Å². The smallest absolute Gasteiger partial charge is 0.169 e. The molecule has 1 aromatic carbocycles. The summed E-state index contributed by atoms with van der Waals surface area (Å²) in [6, 6.07) is 13.6. The molecule has 2 atom stereocenters. The Hall–Kier alpha value is -1.49. The molecule has 0 amide bonds. The summed E-state index contributed by atoms with van der Waals surface area (Å²) in [7, 11) is 0. The highest BCUT2D eigenvalue weighted by Crippen LogP contribution is 2.30. The molecule has 0 unspecified atom stereocenters. The minimum absolute atomic E-state index is 0.182. The number of thiophene rings is 1. The summed E-state index contributed by atoms with van der Waals surface area (Å²) in [5.41, 5.74) is 2.72. The van der Waals surface area contributed by atoms with Gasteiger partial charge in [-0.25, -0.2) is 0 Å². The fourth-order valence-electron chi connectivity index (χ4n) is 4.32. The van der Waals surface area contributed by atoms with E-state index in [1.807, 2.05) is 0 Å². The Kier molecular flexibility index (Phi) is 5.02. The number of rotatable bonds is 5. The molecule has 3 nitrogen and oxygen atoms in total. The minimum atomic E-state index is 0.182. The lowest BCUT2D eigenvalue weighted by atomic mass is 9.94. The SMILES string of the molecule is CC(=O)c1cc(CN2C[C@@H]3CC[C@H](C2)N(Cc2ccccc2)C3)cs1. The van der Waals surface area contributed by atoms with Crippen molar-refractivity contribution in [2.24, 2.45) is 5.92 Å². The number of nitrogens with zero attached hydrogens (tertiary/aromatic N) is 2. The van der Waals surface area contributed by atoms with E-state index < -0.39 is 0 Å². The molecule has 3 aliphatic heterocycles. The van der Waals surface area contributed by atoms with Gasteiger partial charge in [0, 0.05) is 38.8 Å². The predicted molar refractivity (Wildman–Crippen MR) is 103 cm³/mol. The molecule has 3 aliphatic rings. The van der Waals surface area contributed by atoms with Crippen LogP contribution in [0, 0.1) is 5.92 Å². The van der Waals surface area contributed by atoms with E-state index in [0.29, 0.717) is 6.04 Å². The van der Waals surface area contributed by atoms with E-state index in [2.05, 4.69) is 51.6 Å². The van der Waals surface area contributed by atoms with E-state index in [0.717, 1.165) is 30.4 Å². The van der Waals surface area contributed by atoms with Gasteiger partial charge in [-0.1, -0.05) is 30.3 Å². The largest absolute Gasteiger partial charge is 0.297 e. The second-order valence-electron chi connectivity index (χ2n) is 7.58. The van der Waals surface area contributed by atoms with Crippen molar-refractivity contribution in [1.29, 1.82) is 0 Å². The van der Waals surface area contributed by atoms with Crippen LogP contribution in [0.15, 0.2) is 41.8 Å². The van der Waals surface area contributed by atoms with Gasteiger partial charge in [0.1, 0.15) is 0 Å². The fourth-order valence-corrected chi connectivity index (χ4v) is 5.12. The minimum Gasteiger partial charge on any atom is -0.297 e. The normalized spacial score (nSPS) is 24.4. The van der Waals surface area contributed by atoms with Gasteiger partial charge in [0.05, 0.1) is 4.88 Å². The number of hydrogen-bond acceptors (Lipinski definition) is 4. The van der Waals surface area contributed by atoms with Crippen LogP contribution in [0.5, 0.6) is 0 Å². The topological polar surface area (TPSA) is 23.6 Å². The standard InChI is InChI=1S/C21H26N2OS/c1-16(24)21-9-19(15-25-21)11-22-10-18-7-8-20(14-22)23(13-18)12-17-5-3-2-4-6-17/h2-6,9,15,18,20H,7-8,10-14H2,1H3/t18-,20+/m0/s1. The van der Waals surface area contributed by atoms with Gasteiger partial charge in [-0.05, 0) is 48.3 Å². The average molecular weight is 355 g/mol. The average Bonchev–Trinajstić information content (AvgIpc) is 2.90. The van der Waals surface area contributed by atoms with Gasteiger partial charge in [0.15, 0.2) is 5.78 Å². The predicted octanol–water partition coefficient (Wildman–Crippen LogP) is 4.05. The quantitative estimate of drug-likeness (QED) is 0.757. The van der Waals surface area contributed by atoms with Crippen LogP contribution in [0.4, 0.5) is 0 Å². The Balaban J connectivity index is 1.42. The third-order valence-electron chi connectivity index (χ3n) is 5.54. The van der Waals surface area contributed by atoms with Crippen LogP contribution in [0.25, 0.3) is 0 Å². The monoisotopic (exact) mass is 354 g/mol. The number of Topliss-reactive ketones (excluding diaryl/α,β-unsaturated/α-hetero) is 1. The molecule has 0 radical (unpaired) electrons. The molecule has 3 fully saturated rings. The maximum absolute atomic E-state index is 11.5. The third-order valence-corrected chi connectivity index (χ3v) is 6.62. The molecule has 0 N–H and O–H groups in total. The van der Waals surface area contributed by atoms with Crippen molar-refractivity contribution in [2.45, 2.75) is 38.9 Å². The summed E-state index contributed by atoms with van der Waals surface area (Å²) < 4.78 is 0. The van der Waals surface area contributed by atoms with Gasteiger partial charge < -0.3 is 0 Å². The Morgan fingerprint density at radius 3 is 2.68 bits per heavy atom. The van der Waals surface area contributed by atoms with Crippen LogP contribution < -0.4 is 0 Å². The van der Waals surface area contributed by atoms with E-state index in [1.54, 1.807) is 18.3 Å². The first-order valence-electron chi connectivity index (χ1n) is 9.26. The molecule has 2 bridgehead atoms. The Morgan fingerprint density at radius 2 is 1.92 bits per heavy atom. The zero-order valence-electron chi connectivity index (χ0n) is 14.9. The highest BCUT2D eigenvalue weighted by atomic mass is 32.1. The number of carbonyl (C=O) groups excluding carboxylic acids is 1. The molecule has 3 saturated heterocycles. The number of fused-ring (bicyclic) bond motifs is 4. The van der Waals surface area contributed by atoms with Gasteiger partial charge in [-0.3, -0.25) is 14.6 Å². The maximum atomic E-state index is 11.5. The van der Waals surface area contributed by atoms with Crippen molar-refractivity contribution in [1.82, 2.24) is 9.80 Å². The maximum Gasteiger partial charge on any atom is 0.169 e. The zero-order chi connectivity index (χ0) is 17.2. The molecule has 4 heterocycles. The van der Waals surface area contributed by atoms with E-state index in [4.69, 9.17) is 0 Å². The Morgan fingerprint density at radius 1 is 1.08 bits per heavy atom. The van der Waals surface area contributed by atoms with Crippen molar-refractivity contribution < 1.29 is 4.79 Å². The van der Waals surface area contributed by atoms with E-state index in [-0.39, 0.29) is 5.78 Å². The summed E-state index contributed by atoms with van der Waals surface area (Å²) in [5.74, 6) is 0.953. The van der Waals surface area contributed by atoms with Gasteiger partial charge in [0.2, 0.25) is 0 Å². The molecule has 0 saturated carbocycles. The van der Waals surface area contributed by atoms with Crippen LogP contribution in [0.3, 0.4) is 0 Å². The molecule has 5 rings (SSSR count). The van der Waals surface area contributed by atoms with Crippen LogP contribution >= 0.6 is 11.3 Å². The summed E-state index contributed by atoms with van der Waals surface area (Å²) in [6.45, 7) is 7.27. The Bertz CT molecular complexity index is 727. The molecule has 132 valence electrons. The van der Waals surface area contributed by atoms with Crippen molar-refractivity contribution in [3.8, 4) is 0 Å². The fraction of sp³-hybridized carbons (Fsp3) is 0.476. The number of hydrogen-bond donors (Lipinski definition) is 0. The molecule has 0 spiro atoms. The van der Waals surface area contributed by atoms with E-state index in [9.17, 15) is 4.79 Å². The molecular formula is C21H26N2OS. The van der Waals surface area contributed by atoms with Crippen molar-refractivity contribution in [3.05, 3.63) is 57.8 Å². The van der Waals surface area contributed by atoms with Gasteiger partial charge >= 0.3 is 0 Å². The lowest BCUT2D eigenvalue weighted by molar-refractivity contribution is 0.102. The molecular weight excluding hydrogens is 328 g/mol. The Labute approximate surface area is 154 Å². The molecule has 4 heteroatoms. The molecule has 1 aromatic heterocycles. The lowest BCUT2D eigenvalue weighted by Crippen LogP contribution is -2.43. The summed E-state index contributed by atoms with van der Waals surface area (Å²) in [5, 5.41) is 2.16. The number of benzene rings is 1. The van der Waals surface area contributed by atoms with Crippen molar-refractivity contribution in [3.63, 3.8) is 0 Å². The first-order valence-corrected chi connectivity index (χ1v) is 10.1. The van der Waals surface area contributed by atoms with Crippen molar-refractivity contribution in [2.75, 3.05) is 19.6 Å². The number of ketones is 1. The number of piperidine rings is 1. The van der Waals surface area contributed by atoms with Gasteiger partial charge in [-0.2, -0.15) is 0 Å². The zero-order valence-corrected chi connectivity index (χ0v) is 15.7. The second-order valence-corrected chi connectivity index (χ2v) is 8.49. The summed E-state index contributed by atoms with van der Waals surface area (Å²) in [6.07, 6.45) is 2.67. The van der Waals surface area contributed by atoms with E-state index in [1.165, 1.54) is 37.1 Å². The van der Waals surface area contributed by atoms with Gasteiger partial charge in [0.25, 0.3) is 0 Å². The first-order chi connectivity index (χ1) is 12.2. The van der Waals surface area contributed by atoms with Crippen LogP contribution in [0.1, 0.15) is 40.6 Å². The van der Waals surface area contributed by atoms with Crippen LogP contribution in [-0.2, 0) is 13.1 Å². The lowest BCUT2D eigenvalue weighted by Gasteiger charge is -2.36. The molecule has 25 heavy (non-hydrogen) atoms. The van der Waals surface area contributed by atoms with Crippen molar-refractivity contribution >= 4 is 17.1 Å². The molecule has 2 aromatic rings.